The average Bonchev–Trinajstić information content (AvgIpc) is 3.02. The van der Waals surface area contributed by atoms with Gasteiger partial charge in [-0.3, -0.25) is 4.79 Å². The summed E-state index contributed by atoms with van der Waals surface area (Å²) in [6.45, 7) is 9.17. The third-order valence-electron chi connectivity index (χ3n) is 5.23. The zero-order chi connectivity index (χ0) is 25.8. The van der Waals surface area contributed by atoms with Gasteiger partial charge in [0.15, 0.2) is 0 Å². The van der Waals surface area contributed by atoms with Gasteiger partial charge in [0.1, 0.15) is 11.4 Å². The highest BCUT2D eigenvalue weighted by atomic mass is 79.9. The molecule has 1 aliphatic rings. The number of thiophene rings is 1. The number of carbonyl (C=O) groups is 2. The Hall–Kier alpha value is -2.65. The summed E-state index contributed by atoms with van der Waals surface area (Å²) in [4.78, 5) is 34.5. The van der Waals surface area contributed by atoms with Crippen molar-refractivity contribution < 1.29 is 14.3 Å². The lowest BCUT2D eigenvalue weighted by Crippen LogP contribution is -2.34. The molecule has 2 aromatic rings. The van der Waals surface area contributed by atoms with Gasteiger partial charge in [-0.15, -0.1) is 11.3 Å². The van der Waals surface area contributed by atoms with Crippen molar-refractivity contribution in [2.45, 2.75) is 59.2 Å². The number of aliphatic imine (C=N–C) groups is 1. The van der Waals surface area contributed by atoms with Gasteiger partial charge in [-0.25, -0.2) is 9.79 Å². The largest absolute Gasteiger partial charge is 0.444 e. The second-order valence-corrected chi connectivity index (χ2v) is 12.1. The Labute approximate surface area is 219 Å². The molecule has 1 aliphatic heterocycles. The van der Waals surface area contributed by atoms with Crippen LogP contribution >= 0.6 is 27.3 Å². The zero-order valence-corrected chi connectivity index (χ0v) is 23.3. The van der Waals surface area contributed by atoms with Crippen molar-refractivity contribution in [1.82, 2.24) is 9.80 Å². The van der Waals surface area contributed by atoms with E-state index in [2.05, 4.69) is 27.8 Å². The molecule has 0 fully saturated rings. The summed E-state index contributed by atoms with van der Waals surface area (Å²) in [6, 6.07) is 9.88. The Morgan fingerprint density at radius 3 is 2.40 bits per heavy atom. The van der Waals surface area contributed by atoms with Gasteiger partial charge < -0.3 is 20.3 Å². The summed E-state index contributed by atoms with van der Waals surface area (Å²) in [6.07, 6.45) is 2.72. The number of halogens is 1. The maximum atomic E-state index is 13.5. The van der Waals surface area contributed by atoms with Crippen LogP contribution < -0.4 is 5.73 Å². The third kappa shape index (κ3) is 7.67. The molecule has 1 aromatic heterocycles. The molecule has 0 aliphatic carbocycles. The second kappa shape index (κ2) is 11.4. The SMILES string of the molecule is CCCN(Cc1ccc(CN(C)C(=O)OC(C)(C)C)cc1)C(=O)C1=Cc2sc(Br)cc2N=C(N)C1. The first-order valence-corrected chi connectivity index (χ1v) is 13.2. The highest BCUT2D eigenvalue weighted by Crippen LogP contribution is 2.37. The van der Waals surface area contributed by atoms with Gasteiger partial charge in [-0.05, 0) is 66.4 Å². The fourth-order valence-electron chi connectivity index (χ4n) is 3.67. The number of hydrogen-bond acceptors (Lipinski definition) is 6. The Balaban J connectivity index is 1.70. The lowest BCUT2D eigenvalue weighted by atomic mass is 10.1. The molecular formula is C26H33BrN4O3S. The molecule has 9 heteroatoms. The van der Waals surface area contributed by atoms with Crippen LogP contribution in [0.3, 0.4) is 0 Å². The number of nitrogens with two attached hydrogens (primary N) is 1. The van der Waals surface area contributed by atoms with Crippen LogP contribution in [-0.4, -0.2) is 46.8 Å². The Morgan fingerprint density at radius 2 is 1.80 bits per heavy atom. The summed E-state index contributed by atoms with van der Waals surface area (Å²) in [5, 5.41) is 0. The van der Waals surface area contributed by atoms with Gasteiger partial charge in [-0.1, -0.05) is 31.2 Å². The summed E-state index contributed by atoms with van der Waals surface area (Å²) in [5.41, 5.74) is 9.02. The molecule has 0 bridgehead atoms. The van der Waals surface area contributed by atoms with E-state index in [1.54, 1.807) is 11.9 Å². The Morgan fingerprint density at radius 1 is 1.17 bits per heavy atom. The van der Waals surface area contributed by atoms with Crippen LogP contribution in [0.2, 0.25) is 0 Å². The molecule has 0 atom stereocenters. The van der Waals surface area contributed by atoms with Crippen LogP contribution in [0.4, 0.5) is 10.5 Å². The molecule has 2 heterocycles. The zero-order valence-electron chi connectivity index (χ0n) is 20.9. The van der Waals surface area contributed by atoms with Gasteiger partial charge in [0.2, 0.25) is 0 Å². The first-order chi connectivity index (χ1) is 16.4. The fraction of sp³-hybridized carbons (Fsp3) is 0.423. The topological polar surface area (TPSA) is 88.2 Å². The van der Waals surface area contributed by atoms with E-state index in [1.165, 1.54) is 11.3 Å². The molecule has 3 rings (SSSR count). The van der Waals surface area contributed by atoms with Crippen LogP contribution in [0.25, 0.3) is 6.08 Å². The number of carbonyl (C=O) groups excluding carboxylic acids is 2. The molecule has 2 amide bonds. The van der Waals surface area contributed by atoms with Crippen LogP contribution in [0.15, 0.2) is 44.7 Å². The highest BCUT2D eigenvalue weighted by molar-refractivity contribution is 9.11. The molecule has 0 spiro atoms. The molecule has 0 saturated carbocycles. The number of ether oxygens (including phenoxy) is 1. The number of fused-ring (bicyclic) bond motifs is 1. The Kier molecular flexibility index (Phi) is 8.77. The fourth-order valence-corrected chi connectivity index (χ4v) is 5.20. The molecular weight excluding hydrogens is 528 g/mol. The predicted molar refractivity (Wildman–Crippen MR) is 146 cm³/mol. The van der Waals surface area contributed by atoms with Gasteiger partial charge >= 0.3 is 6.09 Å². The van der Waals surface area contributed by atoms with E-state index < -0.39 is 5.60 Å². The van der Waals surface area contributed by atoms with Crippen molar-refractivity contribution in [3.05, 3.63) is 55.7 Å². The first kappa shape index (κ1) is 26.9. The van der Waals surface area contributed by atoms with Gasteiger partial charge in [0, 0.05) is 38.7 Å². The van der Waals surface area contributed by atoms with E-state index in [1.807, 2.05) is 62.1 Å². The summed E-state index contributed by atoms with van der Waals surface area (Å²) >= 11 is 5.03. The molecule has 0 radical (unpaired) electrons. The van der Waals surface area contributed by atoms with Crippen LogP contribution in [0, 0.1) is 0 Å². The second-order valence-electron chi connectivity index (χ2n) is 9.63. The average molecular weight is 562 g/mol. The standard InChI is InChI=1S/C26H33BrN4O3S/c1-6-11-31(24(32)19-12-21-20(14-22(27)35-21)29-23(28)13-19)16-18-9-7-17(8-10-18)15-30(5)25(33)34-26(2,3)4/h7-10,12,14H,6,11,13,15-16H2,1-5H3,(H2,28,29). The normalized spacial score (nSPS) is 13.3. The minimum atomic E-state index is -0.532. The number of nitrogens with zero attached hydrogens (tertiary/aromatic N) is 3. The minimum Gasteiger partial charge on any atom is -0.444 e. The van der Waals surface area contributed by atoms with E-state index in [-0.39, 0.29) is 12.0 Å². The number of amides is 2. The Bertz CT molecular complexity index is 1130. The molecule has 35 heavy (non-hydrogen) atoms. The summed E-state index contributed by atoms with van der Waals surface area (Å²) < 4.78 is 6.37. The molecule has 188 valence electrons. The predicted octanol–water partition coefficient (Wildman–Crippen LogP) is 6.09. The minimum absolute atomic E-state index is 0.0314. The quantitative estimate of drug-likeness (QED) is 0.443. The smallest absolute Gasteiger partial charge is 0.410 e. The monoisotopic (exact) mass is 560 g/mol. The number of benzene rings is 1. The van der Waals surface area contributed by atoms with E-state index in [9.17, 15) is 9.59 Å². The van der Waals surface area contributed by atoms with Crippen LogP contribution in [0.5, 0.6) is 0 Å². The molecule has 0 unspecified atom stereocenters. The van der Waals surface area contributed by atoms with Crippen molar-refractivity contribution in [3.8, 4) is 0 Å². The van der Waals surface area contributed by atoms with E-state index in [0.717, 1.165) is 31.9 Å². The lowest BCUT2D eigenvalue weighted by molar-refractivity contribution is -0.127. The summed E-state index contributed by atoms with van der Waals surface area (Å²) in [5.74, 6) is 0.402. The van der Waals surface area contributed by atoms with E-state index in [0.29, 0.717) is 37.5 Å². The van der Waals surface area contributed by atoms with Crippen molar-refractivity contribution in [3.63, 3.8) is 0 Å². The van der Waals surface area contributed by atoms with Crippen molar-refractivity contribution >= 4 is 56.9 Å². The van der Waals surface area contributed by atoms with Gasteiger partial charge in [-0.2, -0.15) is 0 Å². The van der Waals surface area contributed by atoms with Gasteiger partial charge in [0.25, 0.3) is 5.91 Å². The van der Waals surface area contributed by atoms with E-state index >= 15 is 0 Å². The van der Waals surface area contributed by atoms with E-state index in [4.69, 9.17) is 10.5 Å². The maximum absolute atomic E-state index is 13.5. The maximum Gasteiger partial charge on any atom is 0.410 e. The first-order valence-electron chi connectivity index (χ1n) is 11.6. The molecule has 1 aromatic carbocycles. The van der Waals surface area contributed by atoms with Crippen LogP contribution in [-0.2, 0) is 22.6 Å². The van der Waals surface area contributed by atoms with Crippen LogP contribution in [0.1, 0.15) is 56.5 Å². The summed E-state index contributed by atoms with van der Waals surface area (Å²) in [7, 11) is 1.72. The number of hydrogen-bond donors (Lipinski definition) is 1. The van der Waals surface area contributed by atoms with Gasteiger partial charge in [0.05, 0.1) is 14.4 Å². The highest BCUT2D eigenvalue weighted by Gasteiger charge is 2.23. The number of rotatable bonds is 7. The third-order valence-corrected chi connectivity index (χ3v) is 6.80. The van der Waals surface area contributed by atoms with Crippen molar-refractivity contribution in [2.24, 2.45) is 10.7 Å². The molecule has 2 N–H and O–H groups in total. The lowest BCUT2D eigenvalue weighted by Gasteiger charge is -2.25. The molecule has 7 nitrogen and oxygen atoms in total. The number of amidine groups is 1. The van der Waals surface area contributed by atoms with Crippen molar-refractivity contribution in [2.75, 3.05) is 13.6 Å². The van der Waals surface area contributed by atoms with Crippen molar-refractivity contribution in [1.29, 1.82) is 0 Å². The molecule has 0 saturated heterocycles.